The minimum absolute atomic E-state index is 0.0513. The van der Waals surface area contributed by atoms with Gasteiger partial charge in [-0.25, -0.2) is 0 Å². The lowest BCUT2D eigenvalue weighted by Crippen LogP contribution is -2.27. The standard InChI is InChI=1S/C21H23NO3/c1-4-16-8-10-17(11-9-16)12-13-20(23)18-6-5-7-19(14-18)25-15-21(24)22(2)3/h5-14H,4,15H2,1-3H3/b13-12+. The Morgan fingerprint density at radius 3 is 2.44 bits per heavy atom. The number of carbonyl (C=O) groups excluding carboxylic acids is 2. The van der Waals surface area contributed by atoms with Gasteiger partial charge in [0.1, 0.15) is 5.75 Å². The Hall–Kier alpha value is -2.88. The smallest absolute Gasteiger partial charge is 0.259 e. The molecule has 0 saturated carbocycles. The molecular weight excluding hydrogens is 314 g/mol. The molecule has 0 atom stereocenters. The third kappa shape index (κ3) is 5.60. The number of hydrogen-bond donors (Lipinski definition) is 0. The summed E-state index contributed by atoms with van der Waals surface area (Å²) in [7, 11) is 3.34. The van der Waals surface area contributed by atoms with Gasteiger partial charge in [0.25, 0.3) is 5.91 Å². The average molecular weight is 337 g/mol. The van der Waals surface area contributed by atoms with Crippen molar-refractivity contribution < 1.29 is 14.3 Å². The Balaban J connectivity index is 2.02. The second kappa shape index (κ2) is 8.83. The normalized spacial score (nSPS) is 10.7. The second-order valence-corrected chi connectivity index (χ2v) is 5.90. The van der Waals surface area contributed by atoms with Crippen molar-refractivity contribution in [2.45, 2.75) is 13.3 Å². The van der Waals surface area contributed by atoms with E-state index in [-0.39, 0.29) is 18.3 Å². The van der Waals surface area contributed by atoms with Crippen LogP contribution >= 0.6 is 0 Å². The summed E-state index contributed by atoms with van der Waals surface area (Å²) in [6.07, 6.45) is 4.34. The van der Waals surface area contributed by atoms with E-state index in [1.165, 1.54) is 10.5 Å². The number of benzene rings is 2. The lowest BCUT2D eigenvalue weighted by Gasteiger charge is -2.11. The lowest BCUT2D eigenvalue weighted by atomic mass is 10.1. The number of likely N-dealkylation sites (N-methyl/N-ethyl adjacent to an activating group) is 1. The predicted octanol–water partition coefficient (Wildman–Crippen LogP) is 3.61. The number of allylic oxidation sites excluding steroid dienone is 1. The number of ketones is 1. The van der Waals surface area contributed by atoms with Gasteiger partial charge in [-0.15, -0.1) is 0 Å². The molecule has 2 rings (SSSR count). The van der Waals surface area contributed by atoms with Crippen LogP contribution in [0.4, 0.5) is 0 Å². The molecule has 0 heterocycles. The van der Waals surface area contributed by atoms with Crippen LogP contribution in [0.15, 0.2) is 54.6 Å². The fraction of sp³-hybridized carbons (Fsp3) is 0.238. The molecule has 0 aliphatic carbocycles. The average Bonchev–Trinajstić information content (AvgIpc) is 2.64. The van der Waals surface area contributed by atoms with E-state index in [4.69, 9.17) is 4.74 Å². The lowest BCUT2D eigenvalue weighted by molar-refractivity contribution is -0.130. The topological polar surface area (TPSA) is 46.6 Å². The van der Waals surface area contributed by atoms with Crippen LogP contribution in [0.2, 0.25) is 0 Å². The molecule has 130 valence electrons. The molecule has 0 spiro atoms. The number of hydrogen-bond acceptors (Lipinski definition) is 3. The van der Waals surface area contributed by atoms with E-state index in [2.05, 4.69) is 19.1 Å². The summed E-state index contributed by atoms with van der Waals surface area (Å²) in [6.45, 7) is 2.06. The van der Waals surface area contributed by atoms with Gasteiger partial charge in [-0.2, -0.15) is 0 Å². The van der Waals surface area contributed by atoms with E-state index < -0.39 is 0 Å². The molecule has 0 aliphatic rings. The maximum Gasteiger partial charge on any atom is 0.259 e. The number of aryl methyl sites for hydroxylation is 1. The molecule has 0 saturated heterocycles. The highest BCUT2D eigenvalue weighted by molar-refractivity contribution is 6.07. The van der Waals surface area contributed by atoms with Gasteiger partial charge < -0.3 is 9.64 Å². The molecule has 25 heavy (non-hydrogen) atoms. The van der Waals surface area contributed by atoms with E-state index in [0.717, 1.165) is 12.0 Å². The van der Waals surface area contributed by atoms with Crippen LogP contribution in [0.25, 0.3) is 6.08 Å². The highest BCUT2D eigenvalue weighted by atomic mass is 16.5. The number of amides is 1. The molecular formula is C21H23NO3. The Bertz CT molecular complexity index is 761. The summed E-state index contributed by atoms with van der Waals surface area (Å²) in [4.78, 5) is 25.3. The number of ether oxygens (including phenoxy) is 1. The van der Waals surface area contributed by atoms with Crippen LogP contribution in [0.3, 0.4) is 0 Å². The summed E-state index contributed by atoms with van der Waals surface area (Å²) in [6, 6.07) is 15.0. The molecule has 0 bridgehead atoms. The molecule has 0 aromatic heterocycles. The van der Waals surface area contributed by atoms with E-state index >= 15 is 0 Å². The maximum atomic E-state index is 12.3. The Morgan fingerprint density at radius 1 is 1.08 bits per heavy atom. The maximum absolute atomic E-state index is 12.3. The molecule has 2 aromatic carbocycles. The summed E-state index contributed by atoms with van der Waals surface area (Å²) < 4.78 is 5.44. The van der Waals surface area contributed by atoms with Gasteiger partial charge in [0.05, 0.1) is 0 Å². The Morgan fingerprint density at radius 2 is 1.80 bits per heavy atom. The van der Waals surface area contributed by atoms with Crippen molar-refractivity contribution >= 4 is 17.8 Å². The summed E-state index contributed by atoms with van der Waals surface area (Å²) >= 11 is 0. The Kier molecular flexibility index (Phi) is 6.52. The van der Waals surface area contributed by atoms with E-state index in [1.54, 1.807) is 50.5 Å². The molecule has 1 amide bonds. The Labute approximate surface area is 148 Å². The SMILES string of the molecule is CCc1ccc(/C=C/C(=O)c2cccc(OCC(=O)N(C)C)c2)cc1. The van der Waals surface area contributed by atoms with Gasteiger partial charge in [0.15, 0.2) is 12.4 Å². The third-order valence-electron chi connectivity index (χ3n) is 3.79. The third-order valence-corrected chi connectivity index (χ3v) is 3.79. The van der Waals surface area contributed by atoms with Crippen molar-refractivity contribution in [3.63, 3.8) is 0 Å². The van der Waals surface area contributed by atoms with Crippen molar-refractivity contribution in [2.75, 3.05) is 20.7 Å². The zero-order chi connectivity index (χ0) is 18.2. The minimum atomic E-state index is -0.132. The number of rotatable bonds is 7. The van der Waals surface area contributed by atoms with Crippen LogP contribution in [-0.4, -0.2) is 37.3 Å². The first kappa shape index (κ1) is 18.5. The number of nitrogens with zero attached hydrogens (tertiary/aromatic N) is 1. The largest absolute Gasteiger partial charge is 0.484 e. The molecule has 4 nitrogen and oxygen atoms in total. The van der Waals surface area contributed by atoms with Crippen LogP contribution in [0.5, 0.6) is 5.75 Å². The van der Waals surface area contributed by atoms with Gasteiger partial charge in [0, 0.05) is 19.7 Å². The van der Waals surface area contributed by atoms with E-state index in [0.29, 0.717) is 11.3 Å². The summed E-state index contributed by atoms with van der Waals surface area (Å²) in [5, 5.41) is 0. The monoisotopic (exact) mass is 337 g/mol. The van der Waals surface area contributed by atoms with Crippen LogP contribution in [0.1, 0.15) is 28.4 Å². The minimum Gasteiger partial charge on any atom is -0.484 e. The van der Waals surface area contributed by atoms with Gasteiger partial charge >= 0.3 is 0 Å². The van der Waals surface area contributed by atoms with Gasteiger partial charge in [-0.1, -0.05) is 49.4 Å². The molecule has 0 unspecified atom stereocenters. The van der Waals surface area contributed by atoms with Crippen molar-refractivity contribution in [3.05, 3.63) is 71.3 Å². The van der Waals surface area contributed by atoms with Crippen molar-refractivity contribution in [3.8, 4) is 5.75 Å². The first-order valence-corrected chi connectivity index (χ1v) is 8.24. The van der Waals surface area contributed by atoms with E-state index in [1.807, 2.05) is 12.1 Å². The summed E-state index contributed by atoms with van der Waals surface area (Å²) in [5.41, 5.74) is 2.77. The van der Waals surface area contributed by atoms with Gasteiger partial charge in [-0.3, -0.25) is 9.59 Å². The van der Waals surface area contributed by atoms with Gasteiger partial charge in [-0.05, 0) is 35.8 Å². The molecule has 0 fully saturated rings. The fourth-order valence-electron chi connectivity index (χ4n) is 2.15. The molecule has 0 N–H and O–H groups in total. The van der Waals surface area contributed by atoms with Crippen molar-refractivity contribution in [1.82, 2.24) is 4.90 Å². The van der Waals surface area contributed by atoms with Crippen LogP contribution in [0, 0.1) is 0 Å². The second-order valence-electron chi connectivity index (χ2n) is 5.90. The molecule has 0 aliphatic heterocycles. The molecule has 0 radical (unpaired) electrons. The van der Waals surface area contributed by atoms with Crippen LogP contribution < -0.4 is 4.74 Å². The first-order valence-electron chi connectivity index (χ1n) is 8.24. The van der Waals surface area contributed by atoms with E-state index in [9.17, 15) is 9.59 Å². The highest BCUT2D eigenvalue weighted by Crippen LogP contribution is 2.15. The van der Waals surface area contributed by atoms with Crippen molar-refractivity contribution in [2.24, 2.45) is 0 Å². The molecule has 2 aromatic rings. The highest BCUT2D eigenvalue weighted by Gasteiger charge is 2.07. The van der Waals surface area contributed by atoms with Crippen molar-refractivity contribution in [1.29, 1.82) is 0 Å². The zero-order valence-corrected chi connectivity index (χ0v) is 14.9. The van der Waals surface area contributed by atoms with Crippen LogP contribution in [-0.2, 0) is 11.2 Å². The zero-order valence-electron chi connectivity index (χ0n) is 14.9. The quantitative estimate of drug-likeness (QED) is 0.573. The predicted molar refractivity (Wildman–Crippen MR) is 99.8 cm³/mol. The fourth-order valence-corrected chi connectivity index (χ4v) is 2.15. The number of carbonyl (C=O) groups is 2. The first-order chi connectivity index (χ1) is 12.0. The summed E-state index contributed by atoms with van der Waals surface area (Å²) in [5.74, 6) is 0.262. The van der Waals surface area contributed by atoms with Gasteiger partial charge in [0.2, 0.25) is 0 Å². The molecule has 4 heteroatoms.